The van der Waals surface area contributed by atoms with Crippen LogP contribution in [0, 0.1) is 0 Å². The van der Waals surface area contributed by atoms with Crippen molar-refractivity contribution in [3.05, 3.63) is 35.9 Å². The number of carbonyl (C=O) groups is 3. The van der Waals surface area contributed by atoms with Crippen molar-refractivity contribution in [1.29, 1.82) is 0 Å². The molecule has 6 nitrogen and oxygen atoms in total. The molecular formula is C16H21N3O3. The highest BCUT2D eigenvalue weighted by atomic mass is 16.2. The van der Waals surface area contributed by atoms with Crippen LogP contribution in [0.25, 0.3) is 0 Å². The lowest BCUT2D eigenvalue weighted by Gasteiger charge is -2.25. The van der Waals surface area contributed by atoms with E-state index in [1.807, 2.05) is 39.0 Å². The predicted molar refractivity (Wildman–Crippen MR) is 81.9 cm³/mol. The fourth-order valence-corrected chi connectivity index (χ4v) is 2.64. The van der Waals surface area contributed by atoms with Gasteiger partial charge < -0.3 is 10.6 Å². The van der Waals surface area contributed by atoms with E-state index in [0.717, 1.165) is 10.5 Å². The maximum Gasteiger partial charge on any atom is 0.325 e. The Bertz CT molecular complexity index is 586. The molecule has 0 unspecified atom stereocenters. The van der Waals surface area contributed by atoms with Gasteiger partial charge in [-0.1, -0.05) is 37.3 Å². The van der Waals surface area contributed by atoms with E-state index < -0.39 is 11.6 Å². The van der Waals surface area contributed by atoms with Gasteiger partial charge in [0.05, 0.1) is 0 Å². The first-order valence-electron chi connectivity index (χ1n) is 7.39. The fourth-order valence-electron chi connectivity index (χ4n) is 2.64. The van der Waals surface area contributed by atoms with E-state index in [0.29, 0.717) is 6.42 Å². The molecule has 6 heteroatoms. The van der Waals surface area contributed by atoms with Gasteiger partial charge in [0, 0.05) is 6.04 Å². The van der Waals surface area contributed by atoms with Crippen molar-refractivity contribution in [3.8, 4) is 0 Å². The van der Waals surface area contributed by atoms with Crippen molar-refractivity contribution in [3.63, 3.8) is 0 Å². The average Bonchev–Trinajstić information content (AvgIpc) is 2.72. The first kappa shape index (κ1) is 16.0. The maximum atomic E-state index is 12.8. The highest BCUT2D eigenvalue weighted by molar-refractivity contribution is 6.09. The van der Waals surface area contributed by atoms with E-state index >= 15 is 0 Å². The molecule has 2 N–H and O–H groups in total. The molecule has 1 heterocycles. The van der Waals surface area contributed by atoms with Crippen LogP contribution in [-0.2, 0) is 15.1 Å². The molecule has 1 aliphatic rings. The van der Waals surface area contributed by atoms with Crippen molar-refractivity contribution >= 4 is 17.8 Å². The second kappa shape index (κ2) is 6.17. The number of nitrogens with zero attached hydrogens (tertiary/aromatic N) is 1. The predicted octanol–water partition coefficient (Wildman–Crippen LogP) is 1.37. The van der Waals surface area contributed by atoms with Crippen LogP contribution in [0.4, 0.5) is 4.79 Å². The Morgan fingerprint density at radius 1 is 1.27 bits per heavy atom. The fraction of sp³-hybridized carbons (Fsp3) is 0.438. The number of imide groups is 1. The molecule has 2 rings (SSSR count). The van der Waals surface area contributed by atoms with E-state index in [9.17, 15) is 14.4 Å². The molecular weight excluding hydrogens is 282 g/mol. The molecule has 22 heavy (non-hydrogen) atoms. The number of nitrogens with one attached hydrogen (secondary N) is 2. The molecule has 0 aliphatic carbocycles. The summed E-state index contributed by atoms with van der Waals surface area (Å²) in [6, 6.07) is 8.52. The minimum absolute atomic E-state index is 0.0432. The number of hydrogen-bond donors (Lipinski definition) is 2. The van der Waals surface area contributed by atoms with Gasteiger partial charge in [0.25, 0.3) is 5.91 Å². The Morgan fingerprint density at radius 3 is 2.45 bits per heavy atom. The molecule has 1 fully saturated rings. The smallest absolute Gasteiger partial charge is 0.325 e. The Morgan fingerprint density at radius 2 is 1.91 bits per heavy atom. The van der Waals surface area contributed by atoms with Crippen molar-refractivity contribution in [2.45, 2.75) is 38.8 Å². The third-order valence-electron chi connectivity index (χ3n) is 3.72. The highest BCUT2D eigenvalue weighted by Gasteiger charge is 2.51. The van der Waals surface area contributed by atoms with Crippen molar-refractivity contribution in [2.75, 3.05) is 6.54 Å². The zero-order chi connectivity index (χ0) is 16.3. The van der Waals surface area contributed by atoms with E-state index in [4.69, 9.17) is 0 Å². The summed E-state index contributed by atoms with van der Waals surface area (Å²) >= 11 is 0. The van der Waals surface area contributed by atoms with Crippen LogP contribution in [-0.4, -0.2) is 35.3 Å². The molecule has 0 radical (unpaired) electrons. The van der Waals surface area contributed by atoms with Crippen LogP contribution in [0.2, 0.25) is 0 Å². The van der Waals surface area contributed by atoms with Crippen molar-refractivity contribution in [2.24, 2.45) is 0 Å². The lowest BCUT2D eigenvalue weighted by atomic mass is 9.87. The minimum atomic E-state index is -1.09. The maximum absolute atomic E-state index is 12.8. The summed E-state index contributed by atoms with van der Waals surface area (Å²) in [5.74, 6) is -0.733. The molecule has 0 bridgehead atoms. The summed E-state index contributed by atoms with van der Waals surface area (Å²) in [5, 5.41) is 5.43. The summed E-state index contributed by atoms with van der Waals surface area (Å²) in [6.45, 7) is 5.22. The number of benzene rings is 1. The quantitative estimate of drug-likeness (QED) is 0.806. The van der Waals surface area contributed by atoms with Gasteiger partial charge in [-0.2, -0.15) is 0 Å². The zero-order valence-corrected chi connectivity index (χ0v) is 13.1. The third kappa shape index (κ3) is 2.81. The Labute approximate surface area is 129 Å². The molecule has 0 aromatic heterocycles. The van der Waals surface area contributed by atoms with Crippen LogP contribution in [0.1, 0.15) is 32.8 Å². The topological polar surface area (TPSA) is 78.5 Å². The highest BCUT2D eigenvalue weighted by Crippen LogP contribution is 2.32. The summed E-state index contributed by atoms with van der Waals surface area (Å²) in [4.78, 5) is 37.8. The number of urea groups is 1. The SMILES string of the molecule is CC[C@]1(c2ccccc2)NC(=O)N(CC(=O)NC(C)C)C1=O. The second-order valence-electron chi connectivity index (χ2n) is 5.67. The van der Waals surface area contributed by atoms with Gasteiger partial charge in [0.15, 0.2) is 0 Å². The molecule has 0 saturated carbocycles. The zero-order valence-electron chi connectivity index (χ0n) is 13.1. The minimum Gasteiger partial charge on any atom is -0.352 e. The first-order valence-corrected chi connectivity index (χ1v) is 7.39. The van der Waals surface area contributed by atoms with Crippen LogP contribution < -0.4 is 10.6 Å². The number of carbonyl (C=O) groups excluding carboxylic acids is 3. The lowest BCUT2D eigenvalue weighted by molar-refractivity contribution is -0.135. The average molecular weight is 303 g/mol. The molecule has 1 aliphatic heterocycles. The molecule has 0 spiro atoms. The van der Waals surface area contributed by atoms with Crippen LogP contribution in [0.3, 0.4) is 0 Å². The number of amides is 4. The summed E-state index contributed by atoms with van der Waals surface area (Å²) in [7, 11) is 0. The van der Waals surface area contributed by atoms with Gasteiger partial charge in [0.2, 0.25) is 5.91 Å². The van der Waals surface area contributed by atoms with Gasteiger partial charge >= 0.3 is 6.03 Å². The van der Waals surface area contributed by atoms with E-state index in [1.165, 1.54) is 0 Å². The Hall–Kier alpha value is -2.37. The molecule has 1 atom stereocenters. The Kier molecular flexibility index (Phi) is 4.49. The van der Waals surface area contributed by atoms with Gasteiger partial charge in [-0.15, -0.1) is 0 Å². The Balaban J connectivity index is 2.25. The lowest BCUT2D eigenvalue weighted by Crippen LogP contribution is -2.45. The van der Waals surface area contributed by atoms with E-state index in [-0.39, 0.29) is 24.4 Å². The van der Waals surface area contributed by atoms with Gasteiger partial charge in [-0.3, -0.25) is 14.5 Å². The molecule has 1 aromatic rings. The molecule has 4 amide bonds. The van der Waals surface area contributed by atoms with Crippen LogP contribution in [0.5, 0.6) is 0 Å². The molecule has 118 valence electrons. The normalized spacial score (nSPS) is 21.2. The van der Waals surface area contributed by atoms with Crippen LogP contribution in [0.15, 0.2) is 30.3 Å². The number of hydrogen-bond acceptors (Lipinski definition) is 3. The summed E-state index contributed by atoms with van der Waals surface area (Å²) < 4.78 is 0. The van der Waals surface area contributed by atoms with Gasteiger partial charge in [0.1, 0.15) is 12.1 Å². The first-order chi connectivity index (χ1) is 10.4. The van der Waals surface area contributed by atoms with Gasteiger partial charge in [-0.25, -0.2) is 4.79 Å². The summed E-state index contributed by atoms with van der Waals surface area (Å²) in [5.41, 5.74) is -0.362. The van der Waals surface area contributed by atoms with E-state index in [1.54, 1.807) is 12.1 Å². The second-order valence-corrected chi connectivity index (χ2v) is 5.67. The third-order valence-corrected chi connectivity index (χ3v) is 3.72. The summed E-state index contributed by atoms with van der Waals surface area (Å²) in [6.07, 6.45) is 0.421. The van der Waals surface area contributed by atoms with E-state index in [2.05, 4.69) is 10.6 Å². The molecule has 1 saturated heterocycles. The largest absolute Gasteiger partial charge is 0.352 e. The monoisotopic (exact) mass is 303 g/mol. The van der Waals surface area contributed by atoms with Crippen LogP contribution >= 0.6 is 0 Å². The molecule has 1 aromatic carbocycles. The standard InChI is InChI=1S/C16H21N3O3/c1-4-16(12-8-6-5-7-9-12)14(21)19(15(22)18-16)10-13(20)17-11(2)3/h5-9,11H,4,10H2,1-3H3,(H,17,20)(H,18,22)/t16-/m1/s1. The number of rotatable bonds is 5. The van der Waals surface area contributed by atoms with Crippen molar-refractivity contribution in [1.82, 2.24) is 15.5 Å². The van der Waals surface area contributed by atoms with Crippen molar-refractivity contribution < 1.29 is 14.4 Å². The van der Waals surface area contributed by atoms with Gasteiger partial charge in [-0.05, 0) is 25.8 Å².